The van der Waals surface area contributed by atoms with Crippen LogP contribution in [0.15, 0.2) is 34.3 Å². The highest BCUT2D eigenvalue weighted by molar-refractivity contribution is 6.54. The molecule has 0 unspecified atom stereocenters. The van der Waals surface area contributed by atoms with Crippen molar-refractivity contribution in [1.29, 1.82) is 0 Å². The standard InChI is InChI=1S/C18H17NO3/c20-15-12-9-5-2-6-10-13(12)17-14(16(15)21)19-18(22-17)11-7-3-1-4-8-11/h2,5,9-11H,1,3-4,6-8H2. The molecule has 112 valence electrons. The van der Waals surface area contributed by atoms with E-state index in [0.717, 1.165) is 24.8 Å². The minimum Gasteiger partial charge on any atom is -0.440 e. The predicted molar refractivity (Wildman–Crippen MR) is 81.5 cm³/mol. The highest BCUT2D eigenvalue weighted by Crippen LogP contribution is 2.39. The molecule has 4 heteroatoms. The maximum Gasteiger partial charge on any atom is 0.255 e. The quantitative estimate of drug-likeness (QED) is 0.740. The summed E-state index contributed by atoms with van der Waals surface area (Å²) in [6.07, 6.45) is 13.8. The average molecular weight is 295 g/mol. The van der Waals surface area contributed by atoms with Crippen LogP contribution >= 0.6 is 0 Å². The fraction of sp³-hybridized carbons (Fsp3) is 0.389. The summed E-state index contributed by atoms with van der Waals surface area (Å²) in [4.78, 5) is 29.0. The number of fused-ring (bicyclic) bond motifs is 3. The molecule has 1 aromatic heterocycles. The summed E-state index contributed by atoms with van der Waals surface area (Å²) in [5, 5.41) is 0. The van der Waals surface area contributed by atoms with Gasteiger partial charge in [0, 0.05) is 17.1 Å². The van der Waals surface area contributed by atoms with Gasteiger partial charge < -0.3 is 4.42 Å². The molecule has 0 bridgehead atoms. The summed E-state index contributed by atoms with van der Waals surface area (Å²) in [5.74, 6) is 0.373. The van der Waals surface area contributed by atoms with Crippen molar-refractivity contribution in [2.24, 2.45) is 0 Å². The Labute approximate surface area is 128 Å². The van der Waals surface area contributed by atoms with Gasteiger partial charge in [-0.25, -0.2) is 4.98 Å². The molecule has 22 heavy (non-hydrogen) atoms. The Hall–Kier alpha value is -2.23. The van der Waals surface area contributed by atoms with Crippen LogP contribution in [0.5, 0.6) is 0 Å². The minimum absolute atomic E-state index is 0.205. The van der Waals surface area contributed by atoms with Crippen molar-refractivity contribution in [3.63, 3.8) is 0 Å². The van der Waals surface area contributed by atoms with E-state index < -0.39 is 11.6 Å². The van der Waals surface area contributed by atoms with Crippen molar-refractivity contribution in [3.8, 4) is 0 Å². The molecule has 0 saturated heterocycles. The van der Waals surface area contributed by atoms with Crippen LogP contribution in [0.3, 0.4) is 0 Å². The van der Waals surface area contributed by atoms with Gasteiger partial charge in [-0.2, -0.15) is 0 Å². The first-order chi connectivity index (χ1) is 10.8. The molecule has 1 heterocycles. The third kappa shape index (κ3) is 2.02. The van der Waals surface area contributed by atoms with Gasteiger partial charge in [0.1, 0.15) is 0 Å². The Morgan fingerprint density at radius 3 is 2.68 bits per heavy atom. The number of hydrogen-bond acceptors (Lipinski definition) is 4. The van der Waals surface area contributed by atoms with Crippen LogP contribution in [0.4, 0.5) is 0 Å². The Morgan fingerprint density at radius 1 is 1.05 bits per heavy atom. The summed E-state index contributed by atoms with van der Waals surface area (Å²) in [6.45, 7) is 0. The van der Waals surface area contributed by atoms with E-state index in [1.165, 1.54) is 19.3 Å². The first kappa shape index (κ1) is 13.4. The van der Waals surface area contributed by atoms with E-state index in [0.29, 0.717) is 17.2 Å². The van der Waals surface area contributed by atoms with Gasteiger partial charge in [0.25, 0.3) is 5.78 Å². The molecule has 1 fully saturated rings. The van der Waals surface area contributed by atoms with Crippen LogP contribution < -0.4 is 0 Å². The Kier molecular flexibility index (Phi) is 3.17. The third-order valence-corrected chi connectivity index (χ3v) is 4.66. The van der Waals surface area contributed by atoms with Gasteiger partial charge in [-0.15, -0.1) is 0 Å². The molecule has 0 aromatic carbocycles. The summed E-state index contributed by atoms with van der Waals surface area (Å²) < 4.78 is 5.97. The van der Waals surface area contributed by atoms with Crippen molar-refractivity contribution >= 4 is 17.1 Å². The maximum atomic E-state index is 12.3. The molecule has 0 radical (unpaired) electrons. The smallest absolute Gasteiger partial charge is 0.255 e. The fourth-order valence-electron chi connectivity index (χ4n) is 3.47. The minimum atomic E-state index is -0.542. The number of carbonyl (C=O) groups excluding carboxylic acids is 2. The Balaban J connectivity index is 1.82. The van der Waals surface area contributed by atoms with Gasteiger partial charge in [0.2, 0.25) is 5.78 Å². The highest BCUT2D eigenvalue weighted by atomic mass is 16.4. The van der Waals surface area contributed by atoms with Gasteiger partial charge >= 0.3 is 0 Å². The summed E-state index contributed by atoms with van der Waals surface area (Å²) in [7, 11) is 0. The SMILES string of the molecule is O=C1C(=O)c2nc(C3CCCCC3)oc2C2=CCC=CC=C12. The zero-order valence-electron chi connectivity index (χ0n) is 12.3. The van der Waals surface area contributed by atoms with Crippen molar-refractivity contribution < 1.29 is 14.0 Å². The lowest BCUT2D eigenvalue weighted by atomic mass is 9.88. The van der Waals surface area contributed by atoms with E-state index in [2.05, 4.69) is 4.98 Å². The van der Waals surface area contributed by atoms with Crippen molar-refractivity contribution in [1.82, 2.24) is 4.98 Å². The molecule has 3 aliphatic carbocycles. The van der Waals surface area contributed by atoms with E-state index in [1.54, 1.807) is 6.08 Å². The predicted octanol–water partition coefficient (Wildman–Crippen LogP) is 3.76. The molecule has 4 nitrogen and oxygen atoms in total. The first-order valence-corrected chi connectivity index (χ1v) is 7.93. The van der Waals surface area contributed by atoms with E-state index in [4.69, 9.17) is 4.42 Å². The van der Waals surface area contributed by atoms with Gasteiger partial charge in [-0.1, -0.05) is 43.6 Å². The number of allylic oxidation sites excluding steroid dienone is 6. The molecule has 0 N–H and O–H groups in total. The maximum absolute atomic E-state index is 12.3. The lowest BCUT2D eigenvalue weighted by Gasteiger charge is -2.18. The molecule has 0 amide bonds. The van der Waals surface area contributed by atoms with E-state index in [1.807, 2.05) is 18.2 Å². The van der Waals surface area contributed by atoms with Crippen LogP contribution in [0, 0.1) is 0 Å². The second-order valence-corrected chi connectivity index (χ2v) is 6.09. The lowest BCUT2D eigenvalue weighted by Crippen LogP contribution is -2.24. The van der Waals surface area contributed by atoms with Gasteiger partial charge in [-0.05, 0) is 19.3 Å². The number of rotatable bonds is 1. The van der Waals surface area contributed by atoms with Crippen LogP contribution in [-0.4, -0.2) is 16.6 Å². The number of oxazole rings is 1. The number of nitrogens with zero attached hydrogens (tertiary/aromatic N) is 1. The largest absolute Gasteiger partial charge is 0.440 e. The van der Waals surface area contributed by atoms with Crippen LogP contribution in [-0.2, 0) is 4.79 Å². The first-order valence-electron chi connectivity index (χ1n) is 7.93. The van der Waals surface area contributed by atoms with E-state index in [9.17, 15) is 9.59 Å². The van der Waals surface area contributed by atoms with Crippen LogP contribution in [0.2, 0.25) is 0 Å². The molecular weight excluding hydrogens is 278 g/mol. The molecular formula is C18H17NO3. The fourth-order valence-corrected chi connectivity index (χ4v) is 3.47. The number of aromatic nitrogens is 1. The number of carbonyl (C=O) groups is 2. The molecule has 0 atom stereocenters. The summed E-state index contributed by atoms with van der Waals surface area (Å²) in [5.41, 5.74) is 1.35. The van der Waals surface area contributed by atoms with E-state index >= 15 is 0 Å². The molecule has 1 saturated carbocycles. The lowest BCUT2D eigenvalue weighted by molar-refractivity contribution is -0.111. The second-order valence-electron chi connectivity index (χ2n) is 6.09. The Morgan fingerprint density at radius 2 is 1.86 bits per heavy atom. The van der Waals surface area contributed by atoms with Crippen molar-refractivity contribution in [2.45, 2.75) is 44.4 Å². The average Bonchev–Trinajstić information content (AvgIpc) is 2.85. The van der Waals surface area contributed by atoms with Crippen molar-refractivity contribution in [2.75, 3.05) is 0 Å². The number of Topliss-reactive ketones (excluding diaryl/α,β-unsaturated/α-hetero) is 2. The van der Waals surface area contributed by atoms with Gasteiger partial charge in [0.15, 0.2) is 17.3 Å². The van der Waals surface area contributed by atoms with Crippen LogP contribution in [0.1, 0.15) is 66.6 Å². The molecule has 0 spiro atoms. The topological polar surface area (TPSA) is 60.2 Å². The molecule has 1 aromatic rings. The highest BCUT2D eigenvalue weighted by Gasteiger charge is 2.38. The van der Waals surface area contributed by atoms with E-state index in [-0.39, 0.29) is 11.6 Å². The molecule has 0 aliphatic heterocycles. The van der Waals surface area contributed by atoms with Crippen LogP contribution in [0.25, 0.3) is 5.57 Å². The van der Waals surface area contributed by atoms with Gasteiger partial charge in [0.05, 0.1) is 0 Å². The summed E-state index contributed by atoms with van der Waals surface area (Å²) >= 11 is 0. The van der Waals surface area contributed by atoms with Crippen molar-refractivity contribution in [3.05, 3.63) is 47.2 Å². The Bertz CT molecular complexity index is 742. The second kappa shape index (κ2) is 5.20. The molecule has 3 aliphatic rings. The number of ketones is 2. The van der Waals surface area contributed by atoms with Gasteiger partial charge in [-0.3, -0.25) is 9.59 Å². The monoisotopic (exact) mass is 295 g/mol. The summed E-state index contributed by atoms with van der Waals surface area (Å²) in [6, 6.07) is 0. The number of hydrogen-bond donors (Lipinski definition) is 0. The molecule has 4 rings (SSSR count). The zero-order chi connectivity index (χ0) is 15.1. The zero-order valence-corrected chi connectivity index (χ0v) is 12.3. The third-order valence-electron chi connectivity index (χ3n) is 4.66. The normalized spacial score (nSPS) is 21.8.